The summed E-state index contributed by atoms with van der Waals surface area (Å²) >= 11 is 0. The lowest BCUT2D eigenvalue weighted by atomic mass is 9.77. The van der Waals surface area contributed by atoms with Crippen LogP contribution in [0.4, 0.5) is 0 Å². The number of rotatable bonds is 8. The highest BCUT2D eigenvalue weighted by atomic mass is 16.1. The summed E-state index contributed by atoms with van der Waals surface area (Å²) in [7, 11) is 0. The van der Waals surface area contributed by atoms with Crippen LogP contribution in [0.15, 0.2) is 170 Å². The molecule has 2 aromatic heterocycles. The molecule has 0 radical (unpaired) electrons. The molecule has 0 unspecified atom stereocenters. The van der Waals surface area contributed by atoms with Crippen molar-refractivity contribution < 1.29 is 4.79 Å². The van der Waals surface area contributed by atoms with Gasteiger partial charge in [0.1, 0.15) is 11.2 Å². The highest BCUT2D eigenvalue weighted by Crippen LogP contribution is 2.41. The van der Waals surface area contributed by atoms with E-state index >= 15 is 0 Å². The van der Waals surface area contributed by atoms with Crippen molar-refractivity contribution in [2.24, 2.45) is 0 Å². The number of carbonyl (C=O) groups excluding carboxylic acids is 1. The minimum Gasteiger partial charge on any atom is -0.318 e. The Labute approximate surface area is 256 Å². The van der Waals surface area contributed by atoms with Gasteiger partial charge in [0.05, 0.1) is 12.0 Å². The minimum absolute atomic E-state index is 0.146. The zero-order chi connectivity index (χ0) is 29.8. The molecule has 44 heavy (non-hydrogen) atoms. The Hall–Kier alpha value is -5.87. The molecule has 0 atom stereocenters. The van der Waals surface area contributed by atoms with E-state index in [0.717, 1.165) is 44.3 Å². The van der Waals surface area contributed by atoms with Gasteiger partial charge in [-0.15, -0.1) is 0 Å². The maximum Gasteiger partial charge on any atom is 0.204 e. The van der Waals surface area contributed by atoms with E-state index in [1.165, 1.54) is 0 Å². The van der Waals surface area contributed by atoms with Gasteiger partial charge in [-0.1, -0.05) is 146 Å². The standard InChI is InChI=1S/C40H29N3O/c44-39(37-26-31-15-10-11-16-32(31)27-41-37)25-24-30-14-12-13-23-36(30)38-28-43(29-42-38)40(33-17-4-1-5-18-33,34-19-6-2-7-20-34)35-21-8-3-9-22-35/h1-29H. The number of carbonyl (C=O) groups is 1. The van der Waals surface area contributed by atoms with Gasteiger partial charge < -0.3 is 4.57 Å². The molecule has 7 aromatic rings. The number of benzene rings is 5. The van der Waals surface area contributed by atoms with Gasteiger partial charge in [0.2, 0.25) is 5.78 Å². The molecule has 0 aliphatic heterocycles. The Morgan fingerprint density at radius 2 is 1.16 bits per heavy atom. The third kappa shape index (κ3) is 4.93. The van der Waals surface area contributed by atoms with Crippen LogP contribution in [0.5, 0.6) is 0 Å². The van der Waals surface area contributed by atoms with Gasteiger partial charge in [0, 0.05) is 23.3 Å². The first-order chi connectivity index (χ1) is 21.7. The third-order valence-corrected chi connectivity index (χ3v) is 8.08. The molecule has 0 spiro atoms. The molecule has 0 aliphatic rings. The van der Waals surface area contributed by atoms with Gasteiger partial charge in [0.25, 0.3) is 0 Å². The van der Waals surface area contributed by atoms with Crippen LogP contribution in [-0.4, -0.2) is 20.3 Å². The summed E-state index contributed by atoms with van der Waals surface area (Å²) in [6.07, 6.45) is 9.20. The van der Waals surface area contributed by atoms with Crippen molar-refractivity contribution in [3.05, 3.63) is 198 Å². The van der Waals surface area contributed by atoms with Gasteiger partial charge in [-0.25, -0.2) is 4.98 Å². The van der Waals surface area contributed by atoms with Crippen LogP contribution >= 0.6 is 0 Å². The van der Waals surface area contributed by atoms with Crippen molar-refractivity contribution in [2.45, 2.75) is 5.54 Å². The SMILES string of the molecule is O=C(C=Cc1ccccc1-c1cn(C(c2ccccc2)(c2ccccc2)c2ccccc2)cn1)c1cc2ccccc2cn1. The highest BCUT2D eigenvalue weighted by molar-refractivity contribution is 6.07. The van der Waals surface area contributed by atoms with Crippen LogP contribution in [0.2, 0.25) is 0 Å². The average molecular weight is 568 g/mol. The van der Waals surface area contributed by atoms with Crippen LogP contribution in [0, 0.1) is 0 Å². The van der Waals surface area contributed by atoms with E-state index in [-0.39, 0.29) is 5.78 Å². The fraction of sp³-hybridized carbons (Fsp3) is 0.0250. The number of ketones is 1. The van der Waals surface area contributed by atoms with E-state index in [1.54, 1.807) is 12.3 Å². The number of fused-ring (bicyclic) bond motifs is 1. The van der Waals surface area contributed by atoms with E-state index in [4.69, 9.17) is 4.98 Å². The number of allylic oxidation sites excluding steroid dienone is 1. The molecule has 4 heteroatoms. The molecular formula is C40H29N3O. The molecule has 0 amide bonds. The molecular weight excluding hydrogens is 538 g/mol. The summed E-state index contributed by atoms with van der Waals surface area (Å²) in [5.74, 6) is -0.146. The van der Waals surface area contributed by atoms with E-state index < -0.39 is 5.54 Å². The molecule has 0 aliphatic carbocycles. The van der Waals surface area contributed by atoms with Gasteiger partial charge >= 0.3 is 0 Å². The number of imidazole rings is 1. The molecule has 0 N–H and O–H groups in total. The topological polar surface area (TPSA) is 47.8 Å². The van der Waals surface area contributed by atoms with Crippen LogP contribution in [0.3, 0.4) is 0 Å². The lowest BCUT2D eigenvalue weighted by molar-refractivity contribution is 0.104. The first-order valence-corrected chi connectivity index (χ1v) is 14.6. The van der Waals surface area contributed by atoms with E-state index in [1.807, 2.05) is 85.2 Å². The summed E-state index contributed by atoms with van der Waals surface area (Å²) in [5, 5.41) is 2.00. The second-order valence-corrected chi connectivity index (χ2v) is 10.7. The van der Waals surface area contributed by atoms with Crippen molar-refractivity contribution >= 4 is 22.6 Å². The van der Waals surface area contributed by atoms with Gasteiger partial charge in [-0.05, 0) is 39.8 Å². The normalized spacial score (nSPS) is 11.6. The quantitative estimate of drug-likeness (QED) is 0.105. The second-order valence-electron chi connectivity index (χ2n) is 10.7. The van der Waals surface area contributed by atoms with Crippen molar-refractivity contribution in [3.8, 4) is 11.3 Å². The van der Waals surface area contributed by atoms with E-state index in [9.17, 15) is 4.79 Å². The molecule has 0 fully saturated rings. The van der Waals surface area contributed by atoms with Crippen LogP contribution < -0.4 is 0 Å². The summed E-state index contributed by atoms with van der Waals surface area (Å²) < 4.78 is 2.20. The summed E-state index contributed by atoms with van der Waals surface area (Å²) in [5.41, 5.74) is 5.79. The van der Waals surface area contributed by atoms with E-state index in [2.05, 4.69) is 88.5 Å². The van der Waals surface area contributed by atoms with Crippen molar-refractivity contribution in [1.29, 1.82) is 0 Å². The van der Waals surface area contributed by atoms with Crippen LogP contribution in [0.1, 0.15) is 32.7 Å². The second kappa shape index (κ2) is 11.8. The maximum absolute atomic E-state index is 13.1. The molecule has 2 heterocycles. The molecule has 0 saturated heterocycles. The minimum atomic E-state index is -0.655. The van der Waals surface area contributed by atoms with Gasteiger partial charge in [0.15, 0.2) is 0 Å². The smallest absolute Gasteiger partial charge is 0.204 e. The average Bonchev–Trinajstić information content (AvgIpc) is 3.59. The number of hydrogen-bond donors (Lipinski definition) is 0. The third-order valence-electron chi connectivity index (χ3n) is 8.08. The zero-order valence-electron chi connectivity index (χ0n) is 24.0. The Morgan fingerprint density at radius 3 is 1.80 bits per heavy atom. The molecule has 0 bridgehead atoms. The first kappa shape index (κ1) is 27.0. The zero-order valence-corrected chi connectivity index (χ0v) is 24.0. The first-order valence-electron chi connectivity index (χ1n) is 14.6. The molecule has 5 aromatic carbocycles. The number of nitrogens with zero attached hydrogens (tertiary/aromatic N) is 3. The van der Waals surface area contributed by atoms with Crippen LogP contribution in [-0.2, 0) is 5.54 Å². The van der Waals surface area contributed by atoms with Crippen molar-refractivity contribution in [3.63, 3.8) is 0 Å². The van der Waals surface area contributed by atoms with Gasteiger partial charge in [-0.2, -0.15) is 0 Å². The molecule has 0 saturated carbocycles. The Balaban J connectivity index is 1.31. The summed E-state index contributed by atoms with van der Waals surface area (Å²) in [4.78, 5) is 22.5. The van der Waals surface area contributed by atoms with Crippen LogP contribution in [0.25, 0.3) is 28.1 Å². The Morgan fingerprint density at radius 1 is 0.614 bits per heavy atom. The highest BCUT2D eigenvalue weighted by Gasteiger charge is 2.38. The Bertz CT molecular complexity index is 1980. The number of pyridine rings is 1. The van der Waals surface area contributed by atoms with Gasteiger partial charge in [-0.3, -0.25) is 9.78 Å². The molecule has 210 valence electrons. The van der Waals surface area contributed by atoms with Crippen molar-refractivity contribution in [1.82, 2.24) is 14.5 Å². The monoisotopic (exact) mass is 567 g/mol. The summed E-state index contributed by atoms with van der Waals surface area (Å²) in [6, 6.07) is 49.4. The predicted octanol–water partition coefficient (Wildman–Crippen LogP) is 8.83. The lowest BCUT2D eigenvalue weighted by Crippen LogP contribution is -2.36. The fourth-order valence-electron chi connectivity index (χ4n) is 5.98. The molecule has 4 nitrogen and oxygen atoms in total. The number of hydrogen-bond acceptors (Lipinski definition) is 3. The largest absolute Gasteiger partial charge is 0.318 e. The predicted molar refractivity (Wildman–Crippen MR) is 177 cm³/mol. The van der Waals surface area contributed by atoms with E-state index in [0.29, 0.717) is 5.69 Å². The molecule has 7 rings (SSSR count). The number of aromatic nitrogens is 3. The lowest BCUT2D eigenvalue weighted by Gasteiger charge is -2.37. The summed E-state index contributed by atoms with van der Waals surface area (Å²) in [6.45, 7) is 0. The maximum atomic E-state index is 13.1. The van der Waals surface area contributed by atoms with Crippen molar-refractivity contribution in [2.75, 3.05) is 0 Å². The Kier molecular flexibility index (Phi) is 7.23. The fourth-order valence-corrected chi connectivity index (χ4v) is 5.98.